The molecule has 0 aliphatic carbocycles. The van der Waals surface area contributed by atoms with Crippen molar-refractivity contribution in [1.29, 1.82) is 0 Å². The smallest absolute Gasteiger partial charge is 0.481 e. The Bertz CT molecular complexity index is 52.9. The molecule has 0 aromatic carbocycles. The molecule has 0 spiro atoms. The summed E-state index contributed by atoms with van der Waals surface area (Å²) in [6, 6.07) is 0. The van der Waals surface area contributed by atoms with Crippen LogP contribution >= 0.6 is 0 Å². The van der Waals surface area contributed by atoms with Crippen molar-refractivity contribution in [2.45, 2.75) is 13.3 Å². The zero-order chi connectivity index (χ0) is 6.99. The van der Waals surface area contributed by atoms with Gasteiger partial charge in [-0.1, -0.05) is 0 Å². The average molecular weight is 141 g/mol. The van der Waals surface area contributed by atoms with Crippen LogP contribution in [0, 0.1) is 6.92 Å². The molecule has 0 fully saturated rings. The number of carboxylic acid groups (broad SMARTS) is 1. The number of hydrogen-bond acceptors (Lipinski definition) is 2. The monoisotopic (exact) mass is 141 g/mol. The molecular weight excluding hydrogens is 129 g/mol. The van der Waals surface area contributed by atoms with Crippen LogP contribution in [0.3, 0.4) is 0 Å². The second-order valence-corrected chi connectivity index (χ2v) is 1.16. The molecule has 50 valence electrons. The second kappa shape index (κ2) is 15.8. The van der Waals surface area contributed by atoms with Gasteiger partial charge < -0.3 is 17.8 Å². The van der Waals surface area contributed by atoms with Gasteiger partial charge in [-0.25, -0.2) is 0 Å². The molecular formula is C5H12NNaO2. The fourth-order valence-electron chi connectivity index (χ4n) is 0. The average Bonchev–Trinajstić information content (AvgIpc) is 1.65. The predicted octanol–water partition coefficient (Wildman–Crippen LogP) is -2.74. The number of carbonyl (C=O) groups is 1. The SMILES string of the molecule is CC(=O)O.[CH2-]CCN.[Na+]. The van der Waals surface area contributed by atoms with Gasteiger partial charge in [0.05, 0.1) is 0 Å². The van der Waals surface area contributed by atoms with Crippen molar-refractivity contribution in [3.8, 4) is 0 Å². The third-order valence-electron chi connectivity index (χ3n) is 0.204. The quantitative estimate of drug-likeness (QED) is 0.308. The topological polar surface area (TPSA) is 63.3 Å². The van der Waals surface area contributed by atoms with Crippen LogP contribution in [0.1, 0.15) is 13.3 Å². The van der Waals surface area contributed by atoms with Crippen molar-refractivity contribution >= 4 is 5.97 Å². The van der Waals surface area contributed by atoms with E-state index in [9.17, 15) is 0 Å². The second-order valence-electron chi connectivity index (χ2n) is 1.16. The zero-order valence-corrected chi connectivity index (χ0v) is 8.05. The van der Waals surface area contributed by atoms with Crippen molar-refractivity contribution < 1.29 is 39.5 Å². The molecule has 0 saturated heterocycles. The Balaban J connectivity index is -0.0000000720. The summed E-state index contributed by atoms with van der Waals surface area (Å²) in [7, 11) is 0. The molecule has 0 aromatic heterocycles. The van der Waals surface area contributed by atoms with Gasteiger partial charge in [0, 0.05) is 6.92 Å². The molecule has 3 nitrogen and oxygen atoms in total. The van der Waals surface area contributed by atoms with Crippen LogP contribution in [0.4, 0.5) is 0 Å². The summed E-state index contributed by atoms with van der Waals surface area (Å²) in [6.07, 6.45) is 0.847. The van der Waals surface area contributed by atoms with Crippen molar-refractivity contribution in [2.75, 3.05) is 6.54 Å². The first kappa shape index (κ1) is 16.2. The summed E-state index contributed by atoms with van der Waals surface area (Å²) in [5, 5.41) is 7.42. The maximum Gasteiger partial charge on any atom is 1.00 e. The largest absolute Gasteiger partial charge is 1.00 e. The fraction of sp³-hybridized carbons (Fsp3) is 0.600. The molecule has 0 bridgehead atoms. The van der Waals surface area contributed by atoms with Gasteiger partial charge in [-0.2, -0.15) is 6.42 Å². The van der Waals surface area contributed by atoms with E-state index >= 15 is 0 Å². The summed E-state index contributed by atoms with van der Waals surface area (Å²) in [6.45, 7) is 5.27. The van der Waals surface area contributed by atoms with Crippen LogP contribution in [0.15, 0.2) is 0 Å². The van der Waals surface area contributed by atoms with Gasteiger partial charge in [-0.15, -0.1) is 0 Å². The fourth-order valence-corrected chi connectivity index (χ4v) is 0. The van der Waals surface area contributed by atoms with E-state index in [1.54, 1.807) is 0 Å². The standard InChI is InChI=1S/C3H8N.C2H4O2.Na/c1-2-3-4;1-2(3)4;/h1-4H2;1H3,(H,3,4);/q-1;;+1. The molecule has 0 amide bonds. The van der Waals surface area contributed by atoms with E-state index in [1.165, 1.54) is 0 Å². The minimum absolute atomic E-state index is 0. The molecule has 0 aliphatic heterocycles. The zero-order valence-electron chi connectivity index (χ0n) is 6.05. The van der Waals surface area contributed by atoms with Crippen molar-refractivity contribution in [1.82, 2.24) is 0 Å². The van der Waals surface area contributed by atoms with Gasteiger partial charge in [0.1, 0.15) is 0 Å². The Morgan fingerprint density at radius 2 is 1.89 bits per heavy atom. The Labute approximate surface area is 77.9 Å². The number of hydrogen-bond donors (Lipinski definition) is 2. The van der Waals surface area contributed by atoms with E-state index in [1.807, 2.05) is 0 Å². The summed E-state index contributed by atoms with van der Waals surface area (Å²) in [5.41, 5.74) is 4.97. The molecule has 4 heteroatoms. The van der Waals surface area contributed by atoms with Gasteiger partial charge in [-0.3, -0.25) is 4.79 Å². The van der Waals surface area contributed by atoms with Crippen LogP contribution in [0.25, 0.3) is 0 Å². The van der Waals surface area contributed by atoms with Gasteiger partial charge in [-0.05, 0) is 6.54 Å². The first-order valence-corrected chi connectivity index (χ1v) is 2.34. The van der Waals surface area contributed by atoms with Gasteiger partial charge in [0.15, 0.2) is 0 Å². The molecule has 0 aliphatic rings. The molecule has 0 radical (unpaired) electrons. The minimum Gasteiger partial charge on any atom is -0.481 e. The molecule has 3 N–H and O–H groups in total. The van der Waals surface area contributed by atoms with Crippen LogP contribution in [0.2, 0.25) is 0 Å². The van der Waals surface area contributed by atoms with Crippen LogP contribution in [-0.4, -0.2) is 17.6 Å². The van der Waals surface area contributed by atoms with Gasteiger partial charge in [0.2, 0.25) is 0 Å². The number of nitrogens with two attached hydrogens (primary N) is 1. The molecule has 9 heavy (non-hydrogen) atoms. The molecule has 0 heterocycles. The van der Waals surface area contributed by atoms with E-state index in [0.717, 1.165) is 13.3 Å². The maximum absolute atomic E-state index is 9.00. The number of rotatable bonds is 1. The van der Waals surface area contributed by atoms with Crippen LogP contribution < -0.4 is 35.3 Å². The predicted molar refractivity (Wildman–Crippen MR) is 32.3 cm³/mol. The van der Waals surface area contributed by atoms with E-state index in [4.69, 9.17) is 15.6 Å². The molecule has 0 atom stereocenters. The normalized spacial score (nSPS) is 6.11. The summed E-state index contributed by atoms with van der Waals surface area (Å²) < 4.78 is 0. The van der Waals surface area contributed by atoms with E-state index < -0.39 is 5.97 Å². The van der Waals surface area contributed by atoms with Gasteiger partial charge >= 0.3 is 29.6 Å². The van der Waals surface area contributed by atoms with Crippen LogP contribution in [-0.2, 0) is 4.79 Å². The molecule has 0 rings (SSSR count). The third kappa shape index (κ3) is 170. The van der Waals surface area contributed by atoms with Crippen molar-refractivity contribution in [3.63, 3.8) is 0 Å². The van der Waals surface area contributed by atoms with E-state index in [0.29, 0.717) is 6.54 Å². The maximum atomic E-state index is 9.00. The summed E-state index contributed by atoms with van der Waals surface area (Å²) >= 11 is 0. The van der Waals surface area contributed by atoms with Crippen LogP contribution in [0.5, 0.6) is 0 Å². The summed E-state index contributed by atoms with van der Waals surface area (Å²) in [4.78, 5) is 9.00. The van der Waals surface area contributed by atoms with E-state index in [2.05, 4.69) is 6.92 Å². The van der Waals surface area contributed by atoms with Gasteiger partial charge in [0.25, 0.3) is 5.97 Å². The first-order valence-electron chi connectivity index (χ1n) is 2.34. The Morgan fingerprint density at radius 1 is 1.78 bits per heavy atom. The van der Waals surface area contributed by atoms with Crippen molar-refractivity contribution in [3.05, 3.63) is 6.92 Å². The number of aliphatic carboxylic acids is 1. The molecule has 0 unspecified atom stereocenters. The summed E-state index contributed by atoms with van der Waals surface area (Å²) in [5.74, 6) is -0.833. The first-order chi connectivity index (χ1) is 3.65. The minimum atomic E-state index is -0.833. The number of carboxylic acids is 1. The Morgan fingerprint density at radius 3 is 1.89 bits per heavy atom. The Kier molecular flexibility index (Phi) is 28.4. The molecule has 0 saturated carbocycles. The van der Waals surface area contributed by atoms with Crippen molar-refractivity contribution in [2.24, 2.45) is 5.73 Å². The molecule has 0 aromatic rings. The third-order valence-corrected chi connectivity index (χ3v) is 0.204. The Hall–Kier alpha value is 0.430. The van der Waals surface area contributed by atoms with E-state index in [-0.39, 0.29) is 29.6 Å².